The number of hydrogen-bond donors (Lipinski definition) is 0. The molecule has 0 bridgehead atoms. The lowest BCUT2D eigenvalue weighted by atomic mass is 10.2. The molecule has 0 spiro atoms. The number of nitrogens with zero attached hydrogens (tertiary/aromatic N) is 1. The van der Waals surface area contributed by atoms with Crippen LogP contribution in [-0.4, -0.2) is 31.1 Å². The fraction of sp³-hybridized carbons (Fsp3) is 0.462. The average Bonchev–Trinajstić information content (AvgIpc) is 2.84. The summed E-state index contributed by atoms with van der Waals surface area (Å²) in [7, 11) is 1.65. The number of ether oxygens (including phenoxy) is 1. The second-order valence-electron chi connectivity index (χ2n) is 3.77. The van der Waals surface area contributed by atoms with Crippen molar-refractivity contribution in [3.8, 4) is 0 Å². The normalized spacial score (nSPS) is 10.2. The van der Waals surface area contributed by atoms with Gasteiger partial charge in [-0.15, -0.1) is 6.58 Å². The van der Waals surface area contributed by atoms with E-state index in [0.29, 0.717) is 26.1 Å². The molecular weight excluding hydrogens is 234 g/mol. The quantitative estimate of drug-likeness (QED) is 0.667. The van der Waals surface area contributed by atoms with E-state index in [9.17, 15) is 4.79 Å². The van der Waals surface area contributed by atoms with E-state index in [0.717, 1.165) is 6.42 Å². The van der Waals surface area contributed by atoms with E-state index in [4.69, 9.17) is 4.74 Å². The molecule has 0 aliphatic heterocycles. The highest BCUT2D eigenvalue weighted by molar-refractivity contribution is 7.07. The highest BCUT2D eigenvalue weighted by atomic mass is 32.1. The molecule has 0 unspecified atom stereocenters. The van der Waals surface area contributed by atoms with Gasteiger partial charge in [-0.25, -0.2) is 0 Å². The van der Waals surface area contributed by atoms with Crippen LogP contribution in [0.4, 0.5) is 0 Å². The van der Waals surface area contributed by atoms with Gasteiger partial charge in [-0.05, 0) is 28.8 Å². The Morgan fingerprint density at radius 2 is 2.47 bits per heavy atom. The van der Waals surface area contributed by atoms with E-state index in [1.807, 2.05) is 16.3 Å². The van der Waals surface area contributed by atoms with Gasteiger partial charge in [0.25, 0.3) is 0 Å². The van der Waals surface area contributed by atoms with Crippen molar-refractivity contribution in [2.45, 2.75) is 19.4 Å². The molecule has 0 aliphatic rings. The highest BCUT2D eigenvalue weighted by Gasteiger charge is 2.12. The zero-order valence-corrected chi connectivity index (χ0v) is 11.0. The molecule has 3 nitrogen and oxygen atoms in total. The third-order valence-electron chi connectivity index (χ3n) is 2.43. The van der Waals surface area contributed by atoms with Crippen LogP contribution in [0.5, 0.6) is 0 Å². The Morgan fingerprint density at radius 1 is 1.65 bits per heavy atom. The second-order valence-corrected chi connectivity index (χ2v) is 4.55. The summed E-state index contributed by atoms with van der Waals surface area (Å²) >= 11 is 1.65. The van der Waals surface area contributed by atoms with E-state index in [-0.39, 0.29) is 5.91 Å². The molecule has 0 N–H and O–H groups in total. The molecule has 0 fully saturated rings. The summed E-state index contributed by atoms with van der Waals surface area (Å²) in [5, 5.41) is 4.10. The Morgan fingerprint density at radius 3 is 3.06 bits per heavy atom. The number of carbonyl (C=O) groups is 1. The predicted molar refractivity (Wildman–Crippen MR) is 71.0 cm³/mol. The van der Waals surface area contributed by atoms with Gasteiger partial charge in [-0.3, -0.25) is 4.79 Å². The van der Waals surface area contributed by atoms with Crippen LogP contribution in [0.15, 0.2) is 29.5 Å². The van der Waals surface area contributed by atoms with E-state index < -0.39 is 0 Å². The van der Waals surface area contributed by atoms with Crippen molar-refractivity contribution in [2.75, 3.05) is 20.3 Å². The average molecular weight is 253 g/mol. The molecule has 1 heterocycles. The molecule has 94 valence electrons. The van der Waals surface area contributed by atoms with Crippen LogP contribution in [-0.2, 0) is 16.1 Å². The van der Waals surface area contributed by atoms with Crippen molar-refractivity contribution in [2.24, 2.45) is 0 Å². The van der Waals surface area contributed by atoms with Gasteiger partial charge < -0.3 is 9.64 Å². The first-order valence-corrected chi connectivity index (χ1v) is 6.61. The molecule has 0 aliphatic carbocycles. The maximum atomic E-state index is 12.0. The van der Waals surface area contributed by atoms with Crippen LogP contribution in [0.3, 0.4) is 0 Å². The Bertz CT molecular complexity index is 335. The summed E-state index contributed by atoms with van der Waals surface area (Å²) < 4.78 is 5.03. The minimum atomic E-state index is 0.160. The molecule has 0 saturated heterocycles. The number of amides is 1. The van der Waals surface area contributed by atoms with Crippen LogP contribution >= 0.6 is 11.3 Å². The van der Waals surface area contributed by atoms with Crippen molar-refractivity contribution in [3.63, 3.8) is 0 Å². The van der Waals surface area contributed by atoms with Gasteiger partial charge in [0.15, 0.2) is 0 Å². The zero-order valence-electron chi connectivity index (χ0n) is 10.2. The summed E-state index contributed by atoms with van der Waals surface area (Å²) in [4.78, 5) is 13.8. The van der Waals surface area contributed by atoms with Gasteiger partial charge in [0.1, 0.15) is 0 Å². The Kier molecular flexibility index (Phi) is 6.58. The Balaban J connectivity index is 2.52. The topological polar surface area (TPSA) is 29.5 Å². The van der Waals surface area contributed by atoms with Crippen LogP contribution in [0.2, 0.25) is 0 Å². The molecule has 0 radical (unpaired) electrons. The highest BCUT2D eigenvalue weighted by Crippen LogP contribution is 2.11. The van der Waals surface area contributed by atoms with Crippen molar-refractivity contribution in [3.05, 3.63) is 35.0 Å². The number of rotatable bonds is 8. The molecular formula is C13H19NO2S. The number of hydrogen-bond acceptors (Lipinski definition) is 3. The number of thiophene rings is 1. The van der Waals surface area contributed by atoms with Gasteiger partial charge in [0, 0.05) is 26.6 Å². The van der Waals surface area contributed by atoms with Gasteiger partial charge >= 0.3 is 0 Å². The summed E-state index contributed by atoms with van der Waals surface area (Å²) in [5.41, 5.74) is 1.18. The number of methoxy groups -OCH3 is 1. The minimum absolute atomic E-state index is 0.160. The van der Waals surface area contributed by atoms with Crippen molar-refractivity contribution >= 4 is 17.2 Å². The largest absolute Gasteiger partial charge is 0.383 e. The third kappa shape index (κ3) is 5.15. The van der Waals surface area contributed by atoms with Crippen LogP contribution in [0.1, 0.15) is 18.4 Å². The van der Waals surface area contributed by atoms with Crippen LogP contribution < -0.4 is 0 Å². The van der Waals surface area contributed by atoms with Crippen molar-refractivity contribution in [1.82, 2.24) is 4.90 Å². The van der Waals surface area contributed by atoms with Gasteiger partial charge in [0.05, 0.1) is 6.61 Å². The minimum Gasteiger partial charge on any atom is -0.383 e. The molecule has 1 rings (SSSR count). The summed E-state index contributed by atoms with van der Waals surface area (Å²) in [6.45, 7) is 5.52. The predicted octanol–water partition coefficient (Wildman–Crippen LogP) is 2.69. The zero-order chi connectivity index (χ0) is 12.5. The van der Waals surface area contributed by atoms with E-state index >= 15 is 0 Å². The molecule has 0 aromatic carbocycles. The maximum absolute atomic E-state index is 12.0. The van der Waals surface area contributed by atoms with E-state index in [1.54, 1.807) is 24.5 Å². The molecule has 17 heavy (non-hydrogen) atoms. The summed E-state index contributed by atoms with van der Waals surface area (Å²) in [5.74, 6) is 0.160. The third-order valence-corrected chi connectivity index (χ3v) is 3.17. The fourth-order valence-corrected chi connectivity index (χ4v) is 2.14. The summed E-state index contributed by atoms with van der Waals surface area (Å²) in [6, 6.07) is 2.05. The van der Waals surface area contributed by atoms with Crippen molar-refractivity contribution < 1.29 is 9.53 Å². The maximum Gasteiger partial charge on any atom is 0.223 e. The molecule has 1 aromatic heterocycles. The summed E-state index contributed by atoms with van der Waals surface area (Å²) in [6.07, 6.45) is 3.03. The standard InChI is InChI=1S/C13H19NO2S/c1-3-4-5-13(15)14(7-8-16-2)10-12-6-9-17-11-12/h3,6,9,11H,1,4-5,7-8,10H2,2H3. The molecule has 1 amide bonds. The lowest BCUT2D eigenvalue weighted by molar-refractivity contribution is -0.132. The van der Waals surface area contributed by atoms with E-state index in [2.05, 4.69) is 12.0 Å². The Hall–Kier alpha value is -1.13. The Labute approximate surface area is 107 Å². The van der Waals surface area contributed by atoms with Gasteiger partial charge in [-0.2, -0.15) is 11.3 Å². The lowest BCUT2D eigenvalue weighted by Gasteiger charge is -2.21. The first-order valence-electron chi connectivity index (χ1n) is 5.66. The molecule has 4 heteroatoms. The van der Waals surface area contributed by atoms with Gasteiger partial charge in [0.2, 0.25) is 5.91 Å². The molecule has 0 saturated carbocycles. The van der Waals surface area contributed by atoms with Crippen LogP contribution in [0.25, 0.3) is 0 Å². The van der Waals surface area contributed by atoms with E-state index in [1.165, 1.54) is 5.56 Å². The first kappa shape index (κ1) is 13.9. The number of allylic oxidation sites excluding steroid dienone is 1. The molecule has 0 atom stereocenters. The second kappa shape index (κ2) is 8.03. The SMILES string of the molecule is C=CCCC(=O)N(CCOC)Cc1ccsc1. The van der Waals surface area contributed by atoms with Crippen LogP contribution in [0, 0.1) is 0 Å². The van der Waals surface area contributed by atoms with Crippen molar-refractivity contribution in [1.29, 1.82) is 0 Å². The monoisotopic (exact) mass is 253 g/mol. The fourth-order valence-electron chi connectivity index (χ4n) is 1.48. The molecule has 1 aromatic rings. The van der Waals surface area contributed by atoms with Gasteiger partial charge in [-0.1, -0.05) is 6.08 Å². The smallest absolute Gasteiger partial charge is 0.223 e. The lowest BCUT2D eigenvalue weighted by Crippen LogP contribution is -2.33. The number of carbonyl (C=O) groups excluding carboxylic acids is 1. The first-order chi connectivity index (χ1) is 8.27.